The molecular weight excluding hydrogens is 957 g/mol. The molecule has 5 rings (SSSR count). The molecule has 1 fully saturated rings. The molecule has 3 aliphatic heterocycles. The van der Waals surface area contributed by atoms with Gasteiger partial charge in [0.2, 0.25) is 5.91 Å². The second-order valence-electron chi connectivity index (χ2n) is 18.2. The number of allylic oxidation sites excluding steroid dienone is 7. The van der Waals surface area contributed by atoms with Crippen LogP contribution in [0.2, 0.25) is 0 Å². The van der Waals surface area contributed by atoms with Gasteiger partial charge in [0.15, 0.2) is 5.13 Å². The highest BCUT2D eigenvalue weighted by Crippen LogP contribution is 2.23. The lowest BCUT2D eigenvalue weighted by molar-refractivity contribution is -0.137. The molecule has 17 heteroatoms. The molecule has 412 valence electrons. The fourth-order valence-corrected chi connectivity index (χ4v) is 8.71. The van der Waals surface area contributed by atoms with Crippen LogP contribution < -0.4 is 21.7 Å². The van der Waals surface area contributed by atoms with Crippen LogP contribution in [0.25, 0.3) is 0 Å². The van der Waals surface area contributed by atoms with Gasteiger partial charge in [-0.1, -0.05) is 103 Å². The second kappa shape index (κ2) is 39.4. The lowest BCUT2D eigenvalue weighted by Gasteiger charge is -2.34. The summed E-state index contributed by atoms with van der Waals surface area (Å²) >= 11 is 1.56. The third-order valence-corrected chi connectivity index (χ3v) is 12.6. The SMILES string of the molecule is C=C1/C=C(/OC)CC/C=C\C/C(OC)=C\C(c2csc(NC(C)C)n2)=N1.CC.CCCC(C)C(CN1CCc2ccccc2C1=O)NC(=O)NCC=O.CCCCC/C=C\CCC(=O)O.CN1CCC[C@H]1C(N)=O. The summed E-state index contributed by atoms with van der Waals surface area (Å²) in [6.07, 6.45) is 25.7. The number of aromatic nitrogens is 1. The van der Waals surface area contributed by atoms with Gasteiger partial charge in [-0.25, -0.2) is 14.8 Å². The molecule has 3 aliphatic rings. The van der Waals surface area contributed by atoms with Crippen LogP contribution in [0.1, 0.15) is 154 Å². The van der Waals surface area contributed by atoms with E-state index in [2.05, 4.69) is 85.4 Å². The number of primary amides is 1. The van der Waals surface area contributed by atoms with Gasteiger partial charge in [-0.2, -0.15) is 0 Å². The first-order valence-electron chi connectivity index (χ1n) is 26.4. The van der Waals surface area contributed by atoms with Crippen LogP contribution >= 0.6 is 11.3 Å². The molecule has 74 heavy (non-hydrogen) atoms. The zero-order valence-electron chi connectivity index (χ0n) is 46.3. The van der Waals surface area contributed by atoms with Crippen LogP contribution in [0.5, 0.6) is 0 Å². The molecule has 2 unspecified atom stereocenters. The number of nitrogens with one attached hydrogen (secondary N) is 3. The number of likely N-dealkylation sites (tertiary alicyclic amines) is 1. The quantitative estimate of drug-likeness (QED) is 0.0450. The lowest BCUT2D eigenvalue weighted by Crippen LogP contribution is -2.53. The summed E-state index contributed by atoms with van der Waals surface area (Å²) < 4.78 is 10.9. The Labute approximate surface area is 447 Å². The summed E-state index contributed by atoms with van der Waals surface area (Å²) in [6.45, 7) is 20.7. The molecule has 1 aromatic heterocycles. The van der Waals surface area contributed by atoms with Crippen LogP contribution in [0.15, 0.2) is 94.9 Å². The highest BCUT2D eigenvalue weighted by molar-refractivity contribution is 7.13. The maximum absolute atomic E-state index is 12.7. The number of amides is 4. The van der Waals surface area contributed by atoms with Gasteiger partial charge in [0.25, 0.3) is 5.91 Å². The van der Waals surface area contributed by atoms with Crippen molar-refractivity contribution in [2.75, 3.05) is 52.8 Å². The van der Waals surface area contributed by atoms with E-state index < -0.39 is 5.97 Å². The van der Waals surface area contributed by atoms with Crippen molar-refractivity contribution in [1.29, 1.82) is 0 Å². The molecular formula is C57H90N8O8S. The van der Waals surface area contributed by atoms with Crippen LogP contribution in [0.3, 0.4) is 0 Å². The molecule has 3 atom stereocenters. The number of nitrogens with two attached hydrogens (primary N) is 1. The predicted octanol–water partition coefficient (Wildman–Crippen LogP) is 10.6. The number of urea groups is 1. The first-order chi connectivity index (χ1) is 35.6. The number of rotatable bonds is 21. The summed E-state index contributed by atoms with van der Waals surface area (Å²) in [5, 5.41) is 19.9. The fraction of sp³-hybridized carbons (Fsp3) is 0.561. The highest BCUT2D eigenvalue weighted by atomic mass is 32.1. The van der Waals surface area contributed by atoms with E-state index >= 15 is 0 Å². The zero-order valence-corrected chi connectivity index (χ0v) is 47.1. The van der Waals surface area contributed by atoms with Gasteiger partial charge in [0.1, 0.15) is 17.7 Å². The van der Waals surface area contributed by atoms with Gasteiger partial charge in [0, 0.05) is 61.5 Å². The maximum atomic E-state index is 12.7. The summed E-state index contributed by atoms with van der Waals surface area (Å²) in [7, 11) is 5.28. The Bertz CT molecular complexity index is 2150. The number of fused-ring (bicyclic) bond motifs is 1. The van der Waals surface area contributed by atoms with Gasteiger partial charge in [-0.15, -0.1) is 11.3 Å². The number of anilines is 1. The number of methoxy groups -OCH3 is 2. The summed E-state index contributed by atoms with van der Waals surface area (Å²) in [4.78, 5) is 68.9. The minimum Gasteiger partial charge on any atom is -0.501 e. The number of carboxylic acid groups (broad SMARTS) is 1. The monoisotopic (exact) mass is 1050 g/mol. The van der Waals surface area contributed by atoms with Crippen molar-refractivity contribution in [3.63, 3.8) is 0 Å². The van der Waals surface area contributed by atoms with Crippen molar-refractivity contribution >= 4 is 52.3 Å². The number of carbonyl (C=O) groups excluding carboxylic acids is 4. The predicted molar refractivity (Wildman–Crippen MR) is 303 cm³/mol. The molecule has 0 aliphatic carbocycles. The number of carbonyl (C=O) groups is 5. The molecule has 1 saturated heterocycles. The summed E-state index contributed by atoms with van der Waals surface area (Å²) in [5.41, 5.74) is 9.08. The smallest absolute Gasteiger partial charge is 0.315 e. The standard InChI is InChI=1S/C20H27N3O2S.C19H27N3O3.C10H18O2.C6H12N2O.C2H6/c1-14(2)21-20-23-19(13-26-20)18-12-17(25-5)10-8-6-7-9-16(24-4)11-15(3)22-18;1-3-6-14(2)17(21-19(25)20-10-12-23)13-22-11-9-15-7-4-5-8-16(15)18(22)24;1-2-3-4-5-6-7-8-9-10(11)12;1-8-4-2-3-5(8)6(7)9;1-2/h6,8,11-14H,3,7,9-10H2,1-2,4-5H3,(H,21,23);4-5,7-8,12,14,17H,3,6,9-11,13H2,1-2H3,(H2,20,21,25);6-7H,2-5,8-9H2,1H3,(H,11,12);5H,2-4H2,1H3,(H2,7,9);1-2H3/b8-6-,16-11+,17-12+,22-18?;;7-6-;;/t;;;5-;/m...0./s1. The van der Waals surface area contributed by atoms with Gasteiger partial charge >= 0.3 is 12.0 Å². The topological polar surface area (TPSA) is 218 Å². The van der Waals surface area contributed by atoms with Crippen molar-refractivity contribution in [2.24, 2.45) is 16.6 Å². The second-order valence-corrected chi connectivity index (χ2v) is 19.0. The third kappa shape index (κ3) is 27.3. The van der Waals surface area contributed by atoms with E-state index in [0.29, 0.717) is 44.0 Å². The van der Waals surface area contributed by atoms with E-state index in [1.807, 2.05) is 78.6 Å². The minimum atomic E-state index is -0.715. The number of unbranched alkanes of at least 4 members (excludes halogenated alkanes) is 3. The fourth-order valence-electron chi connectivity index (χ4n) is 7.86. The number of hydrogen-bond acceptors (Lipinski definition) is 12. The van der Waals surface area contributed by atoms with E-state index in [1.54, 1.807) is 25.6 Å². The Balaban J connectivity index is 0.000000526. The van der Waals surface area contributed by atoms with E-state index in [9.17, 15) is 24.0 Å². The zero-order chi connectivity index (χ0) is 55.3. The highest BCUT2D eigenvalue weighted by Gasteiger charge is 2.29. The number of aldehydes is 1. The Hall–Kier alpha value is -6.07. The van der Waals surface area contributed by atoms with Crippen molar-refractivity contribution in [2.45, 2.75) is 156 Å². The molecule has 0 bridgehead atoms. The maximum Gasteiger partial charge on any atom is 0.315 e. The van der Waals surface area contributed by atoms with Gasteiger partial charge in [-0.3, -0.25) is 19.3 Å². The first-order valence-corrected chi connectivity index (χ1v) is 27.3. The number of carboxylic acids is 1. The molecule has 2 aromatic rings. The Kier molecular flexibility index (Phi) is 35.1. The van der Waals surface area contributed by atoms with Gasteiger partial charge in [-0.05, 0) is 96.4 Å². The summed E-state index contributed by atoms with van der Waals surface area (Å²) in [5.74, 6) is 1.04. The number of benzene rings is 1. The molecule has 1 aromatic carbocycles. The van der Waals surface area contributed by atoms with Crippen molar-refractivity contribution in [3.8, 4) is 0 Å². The van der Waals surface area contributed by atoms with Crippen molar-refractivity contribution < 1.29 is 38.6 Å². The molecule has 4 amide bonds. The first kappa shape index (κ1) is 65.9. The average Bonchev–Trinajstić information content (AvgIpc) is 4.04. The van der Waals surface area contributed by atoms with Crippen LogP contribution in [-0.4, -0.2) is 121 Å². The average molecular weight is 1050 g/mol. The molecule has 6 N–H and O–H groups in total. The van der Waals surface area contributed by atoms with Gasteiger partial charge < -0.3 is 46.0 Å². The van der Waals surface area contributed by atoms with Crippen LogP contribution in [0, 0.1) is 5.92 Å². The number of thiazole rings is 1. The largest absolute Gasteiger partial charge is 0.501 e. The van der Waals surface area contributed by atoms with Gasteiger partial charge in [0.05, 0.1) is 50.0 Å². The Morgan fingerprint density at radius 1 is 0.986 bits per heavy atom. The van der Waals surface area contributed by atoms with E-state index in [0.717, 1.165) is 97.1 Å². The molecule has 0 saturated carbocycles. The third-order valence-electron chi connectivity index (χ3n) is 11.8. The Morgan fingerprint density at radius 3 is 2.31 bits per heavy atom. The normalized spacial score (nSPS) is 18.2. The number of ether oxygens (including phenoxy) is 2. The Morgan fingerprint density at radius 2 is 1.70 bits per heavy atom. The lowest BCUT2D eigenvalue weighted by atomic mass is 9.94. The molecule has 0 spiro atoms. The van der Waals surface area contributed by atoms with E-state index in [1.165, 1.54) is 19.3 Å². The molecule has 4 heterocycles. The molecule has 0 radical (unpaired) electrons. The van der Waals surface area contributed by atoms with Crippen molar-refractivity contribution in [1.82, 2.24) is 25.4 Å². The number of likely N-dealkylation sites (N-methyl/N-ethyl adjacent to an activating group) is 1. The molecule has 16 nitrogen and oxygen atoms in total. The summed E-state index contributed by atoms with van der Waals surface area (Å²) in [6, 6.07) is 7.49. The van der Waals surface area contributed by atoms with Crippen LogP contribution in [-0.2, 0) is 30.3 Å². The number of hydrogen-bond donors (Lipinski definition) is 5. The number of aliphatic imine (C=N–C) groups is 1. The number of nitrogens with zero attached hydrogens (tertiary/aromatic N) is 4. The van der Waals surface area contributed by atoms with Crippen molar-refractivity contribution in [3.05, 3.63) is 107 Å². The van der Waals surface area contributed by atoms with Crippen LogP contribution in [0.4, 0.5) is 9.93 Å². The number of aliphatic carboxylic acids is 1. The van der Waals surface area contributed by atoms with E-state index in [-0.39, 0.29) is 48.8 Å². The van der Waals surface area contributed by atoms with E-state index in [4.69, 9.17) is 20.3 Å². The minimum absolute atomic E-state index is 0.00463.